The second-order valence-corrected chi connectivity index (χ2v) is 7.07. The second kappa shape index (κ2) is 8.39. The Morgan fingerprint density at radius 2 is 0.857 bits per heavy atom. The summed E-state index contributed by atoms with van der Waals surface area (Å²) < 4.78 is 5.90. The van der Waals surface area contributed by atoms with Gasteiger partial charge < -0.3 is 9.64 Å². The van der Waals surface area contributed by atoms with E-state index in [4.69, 9.17) is 27.9 Å². The van der Waals surface area contributed by atoms with Crippen LogP contribution in [0.4, 0.5) is 17.1 Å². The number of nitrogens with zero attached hydrogens (tertiary/aromatic N) is 1. The van der Waals surface area contributed by atoms with Crippen LogP contribution in [-0.4, -0.2) is 0 Å². The molecule has 0 bridgehead atoms. The number of benzene rings is 4. The Bertz CT molecular complexity index is 985. The molecule has 4 rings (SSSR count). The normalized spacial score (nSPS) is 10.5. The van der Waals surface area contributed by atoms with Gasteiger partial charge in [-0.15, -0.1) is 0 Å². The van der Waals surface area contributed by atoms with Crippen molar-refractivity contribution in [3.63, 3.8) is 0 Å². The molecule has 0 unspecified atom stereocenters. The Balaban J connectivity index is 1.68. The summed E-state index contributed by atoms with van der Waals surface area (Å²) in [5, 5.41) is 1.40. The summed E-state index contributed by atoms with van der Waals surface area (Å²) in [6, 6.07) is 33.2. The fraction of sp³-hybridized carbons (Fsp3) is 0. The van der Waals surface area contributed by atoms with Gasteiger partial charge in [0.2, 0.25) is 0 Å². The predicted octanol–water partition coefficient (Wildman–Crippen LogP) is 8.26. The maximum absolute atomic E-state index is 6.07. The van der Waals surface area contributed by atoms with Gasteiger partial charge in [-0.2, -0.15) is 0 Å². The largest absolute Gasteiger partial charge is 0.457 e. The van der Waals surface area contributed by atoms with Crippen molar-refractivity contribution < 1.29 is 4.74 Å². The van der Waals surface area contributed by atoms with Crippen molar-refractivity contribution >= 4 is 40.3 Å². The first kappa shape index (κ1) is 18.4. The van der Waals surface area contributed by atoms with Gasteiger partial charge in [0.1, 0.15) is 11.5 Å². The van der Waals surface area contributed by atoms with Crippen LogP contribution in [0.1, 0.15) is 0 Å². The van der Waals surface area contributed by atoms with Gasteiger partial charge in [0.15, 0.2) is 0 Å². The van der Waals surface area contributed by atoms with E-state index < -0.39 is 0 Å². The van der Waals surface area contributed by atoms with Crippen molar-refractivity contribution in [2.75, 3.05) is 4.90 Å². The van der Waals surface area contributed by atoms with Gasteiger partial charge in [-0.05, 0) is 84.9 Å². The Labute approximate surface area is 174 Å². The number of hydrogen-bond acceptors (Lipinski definition) is 2. The fourth-order valence-electron chi connectivity index (χ4n) is 2.92. The third-order valence-corrected chi connectivity index (χ3v) is 4.75. The molecule has 0 radical (unpaired) electrons. The molecule has 4 aromatic rings. The molecule has 0 amide bonds. The second-order valence-electron chi connectivity index (χ2n) is 6.20. The van der Waals surface area contributed by atoms with Crippen LogP contribution in [0, 0.1) is 0 Å². The van der Waals surface area contributed by atoms with E-state index in [0.717, 1.165) is 28.6 Å². The van der Waals surface area contributed by atoms with Crippen LogP contribution < -0.4 is 9.64 Å². The third kappa shape index (κ3) is 4.30. The zero-order valence-electron chi connectivity index (χ0n) is 14.9. The van der Waals surface area contributed by atoms with Crippen molar-refractivity contribution in [2.45, 2.75) is 0 Å². The molecule has 0 atom stereocenters. The van der Waals surface area contributed by atoms with Crippen LogP contribution in [0.3, 0.4) is 0 Å². The molecule has 138 valence electrons. The van der Waals surface area contributed by atoms with Crippen LogP contribution in [0.25, 0.3) is 0 Å². The van der Waals surface area contributed by atoms with Crippen LogP contribution in [0.5, 0.6) is 11.5 Å². The Morgan fingerprint density at radius 3 is 1.32 bits per heavy atom. The van der Waals surface area contributed by atoms with Gasteiger partial charge in [-0.1, -0.05) is 41.4 Å². The van der Waals surface area contributed by atoms with E-state index in [1.165, 1.54) is 0 Å². The monoisotopic (exact) mass is 405 g/mol. The van der Waals surface area contributed by atoms with E-state index in [1.54, 1.807) is 0 Å². The maximum atomic E-state index is 6.07. The molecule has 0 N–H and O–H groups in total. The average Bonchev–Trinajstić information content (AvgIpc) is 2.73. The summed E-state index contributed by atoms with van der Waals surface area (Å²) in [6.07, 6.45) is 0. The minimum atomic E-state index is 0.700. The first-order valence-electron chi connectivity index (χ1n) is 8.83. The van der Waals surface area contributed by atoms with E-state index in [9.17, 15) is 0 Å². The number of halogens is 2. The summed E-state index contributed by atoms with van der Waals surface area (Å²) in [5.74, 6) is 1.59. The van der Waals surface area contributed by atoms with Crippen LogP contribution in [0.2, 0.25) is 10.0 Å². The molecular weight excluding hydrogens is 389 g/mol. The highest BCUT2D eigenvalue weighted by atomic mass is 35.5. The topological polar surface area (TPSA) is 12.5 Å². The van der Waals surface area contributed by atoms with E-state index in [2.05, 4.69) is 4.90 Å². The Kier molecular flexibility index (Phi) is 5.52. The maximum Gasteiger partial charge on any atom is 0.127 e. The number of anilines is 3. The summed E-state index contributed by atoms with van der Waals surface area (Å²) >= 11 is 12.1. The van der Waals surface area contributed by atoms with E-state index in [1.807, 2.05) is 103 Å². The van der Waals surface area contributed by atoms with Gasteiger partial charge in [-0.25, -0.2) is 0 Å². The van der Waals surface area contributed by atoms with Gasteiger partial charge in [-0.3, -0.25) is 0 Å². The van der Waals surface area contributed by atoms with Gasteiger partial charge in [0.25, 0.3) is 0 Å². The molecule has 2 nitrogen and oxygen atoms in total. The van der Waals surface area contributed by atoms with Crippen LogP contribution in [0.15, 0.2) is 103 Å². The highest BCUT2D eigenvalue weighted by Crippen LogP contribution is 2.36. The lowest BCUT2D eigenvalue weighted by Crippen LogP contribution is -2.09. The predicted molar refractivity (Wildman–Crippen MR) is 118 cm³/mol. The van der Waals surface area contributed by atoms with E-state index in [0.29, 0.717) is 10.0 Å². The molecule has 0 spiro atoms. The first-order valence-corrected chi connectivity index (χ1v) is 9.59. The molecule has 4 aromatic carbocycles. The number of ether oxygens (including phenoxy) is 1. The highest BCUT2D eigenvalue weighted by molar-refractivity contribution is 6.31. The fourth-order valence-corrected chi connectivity index (χ4v) is 3.17. The average molecular weight is 406 g/mol. The number of rotatable bonds is 5. The van der Waals surface area contributed by atoms with Gasteiger partial charge >= 0.3 is 0 Å². The molecule has 0 aromatic heterocycles. The smallest absolute Gasteiger partial charge is 0.127 e. The molecule has 0 fully saturated rings. The number of para-hydroxylation sites is 1. The highest BCUT2D eigenvalue weighted by Gasteiger charge is 2.12. The minimum absolute atomic E-state index is 0.700. The third-order valence-electron chi connectivity index (χ3n) is 4.24. The zero-order chi connectivity index (χ0) is 19.3. The van der Waals surface area contributed by atoms with Gasteiger partial charge in [0.05, 0.1) is 0 Å². The van der Waals surface area contributed by atoms with Crippen molar-refractivity contribution in [1.29, 1.82) is 0 Å². The quantitative estimate of drug-likeness (QED) is 0.331. The lowest BCUT2D eigenvalue weighted by molar-refractivity contribution is 0.483. The van der Waals surface area contributed by atoms with Crippen molar-refractivity contribution in [2.24, 2.45) is 0 Å². The summed E-state index contributed by atoms with van der Waals surface area (Å²) in [5.41, 5.74) is 3.01. The molecule has 0 saturated heterocycles. The molecule has 0 aliphatic rings. The lowest BCUT2D eigenvalue weighted by Gasteiger charge is -2.25. The molecule has 0 aliphatic heterocycles. The molecule has 28 heavy (non-hydrogen) atoms. The van der Waals surface area contributed by atoms with Crippen molar-refractivity contribution in [3.05, 3.63) is 113 Å². The number of hydrogen-bond donors (Lipinski definition) is 0. The van der Waals surface area contributed by atoms with Crippen LogP contribution in [-0.2, 0) is 0 Å². The lowest BCUT2D eigenvalue weighted by atomic mass is 10.2. The first-order chi connectivity index (χ1) is 13.7. The minimum Gasteiger partial charge on any atom is -0.457 e. The van der Waals surface area contributed by atoms with E-state index in [-0.39, 0.29) is 0 Å². The molecule has 0 heterocycles. The Morgan fingerprint density at radius 1 is 0.464 bits per heavy atom. The summed E-state index contributed by atoms with van der Waals surface area (Å²) in [4.78, 5) is 2.14. The molecule has 4 heteroatoms. The standard InChI is InChI=1S/C24H17Cl2NO/c25-18-6-10-20(11-7-18)27(21-12-8-19(26)9-13-21)22-14-16-24(17-15-22)28-23-4-2-1-3-5-23/h1-17H. The van der Waals surface area contributed by atoms with E-state index >= 15 is 0 Å². The molecule has 0 aliphatic carbocycles. The summed E-state index contributed by atoms with van der Waals surface area (Å²) in [6.45, 7) is 0. The van der Waals surface area contributed by atoms with Crippen molar-refractivity contribution in [3.8, 4) is 11.5 Å². The molecular formula is C24H17Cl2NO. The zero-order valence-corrected chi connectivity index (χ0v) is 16.4. The summed E-state index contributed by atoms with van der Waals surface area (Å²) in [7, 11) is 0. The van der Waals surface area contributed by atoms with Gasteiger partial charge in [0, 0.05) is 27.1 Å². The molecule has 0 saturated carbocycles. The SMILES string of the molecule is Clc1ccc(N(c2ccc(Cl)cc2)c2ccc(Oc3ccccc3)cc2)cc1. The van der Waals surface area contributed by atoms with Crippen molar-refractivity contribution in [1.82, 2.24) is 0 Å². The van der Waals surface area contributed by atoms with Crippen LogP contribution >= 0.6 is 23.2 Å². The Hall–Kier alpha value is -2.94.